The summed E-state index contributed by atoms with van der Waals surface area (Å²) in [7, 11) is 0. The summed E-state index contributed by atoms with van der Waals surface area (Å²) in [6, 6.07) is -0.360. The first kappa shape index (κ1) is 14.4. The quantitative estimate of drug-likeness (QED) is 0.793. The van der Waals surface area contributed by atoms with Gasteiger partial charge in [-0.1, -0.05) is 39.0 Å². The largest absolute Gasteiger partial charge is 0.343 e. The normalized spacial score (nSPS) is 26.6. The lowest BCUT2D eigenvalue weighted by Crippen LogP contribution is -2.70. The maximum Gasteiger partial charge on any atom is 0.246 e. The van der Waals surface area contributed by atoms with Gasteiger partial charge in [-0.2, -0.15) is 0 Å². The molecule has 2 rings (SSSR count). The Kier molecular flexibility index (Phi) is 4.48. The van der Waals surface area contributed by atoms with Crippen LogP contribution in [0.15, 0.2) is 0 Å². The summed E-state index contributed by atoms with van der Waals surface area (Å²) in [6.07, 6.45) is 8.23. The maximum atomic E-state index is 12.5. The molecule has 0 aromatic carbocycles. The van der Waals surface area contributed by atoms with Crippen molar-refractivity contribution in [1.82, 2.24) is 10.2 Å². The van der Waals surface area contributed by atoms with Crippen LogP contribution in [0.4, 0.5) is 0 Å². The number of amides is 2. The van der Waals surface area contributed by atoms with Gasteiger partial charge in [-0.3, -0.25) is 9.59 Å². The second-order valence-electron chi connectivity index (χ2n) is 5.98. The zero-order valence-corrected chi connectivity index (χ0v) is 12.2. The van der Waals surface area contributed by atoms with Gasteiger partial charge in [0.25, 0.3) is 0 Å². The van der Waals surface area contributed by atoms with E-state index in [9.17, 15) is 9.59 Å². The van der Waals surface area contributed by atoms with Crippen LogP contribution in [-0.4, -0.2) is 34.8 Å². The van der Waals surface area contributed by atoms with Crippen LogP contribution in [-0.2, 0) is 9.59 Å². The summed E-state index contributed by atoms with van der Waals surface area (Å²) >= 11 is 0. The van der Waals surface area contributed by atoms with Crippen molar-refractivity contribution in [3.63, 3.8) is 0 Å². The molecule has 4 nitrogen and oxygen atoms in total. The third-order valence-electron chi connectivity index (χ3n) is 4.59. The van der Waals surface area contributed by atoms with Crippen molar-refractivity contribution >= 4 is 11.8 Å². The summed E-state index contributed by atoms with van der Waals surface area (Å²) in [4.78, 5) is 26.8. The Morgan fingerprint density at radius 2 is 1.89 bits per heavy atom. The lowest BCUT2D eigenvalue weighted by molar-refractivity contribution is -0.159. The van der Waals surface area contributed by atoms with Crippen LogP contribution in [0, 0.1) is 0 Å². The molecule has 1 saturated heterocycles. The van der Waals surface area contributed by atoms with Crippen LogP contribution in [0.3, 0.4) is 0 Å². The number of hydrogen-bond acceptors (Lipinski definition) is 2. The van der Waals surface area contributed by atoms with Crippen molar-refractivity contribution in [1.29, 1.82) is 0 Å². The van der Waals surface area contributed by atoms with Crippen LogP contribution in [0.1, 0.15) is 65.2 Å². The lowest BCUT2D eigenvalue weighted by Gasteiger charge is -2.49. The zero-order valence-electron chi connectivity index (χ0n) is 12.2. The number of piperazine rings is 1. The molecule has 2 amide bonds. The van der Waals surface area contributed by atoms with E-state index >= 15 is 0 Å². The molecule has 1 heterocycles. The Morgan fingerprint density at radius 3 is 2.53 bits per heavy atom. The summed E-state index contributed by atoms with van der Waals surface area (Å²) in [5.41, 5.74) is -0.532. The van der Waals surface area contributed by atoms with Gasteiger partial charge in [0, 0.05) is 6.54 Å². The Labute approximate surface area is 115 Å². The molecule has 1 N–H and O–H groups in total. The number of nitrogens with one attached hydrogen (secondary N) is 1. The molecule has 0 bridgehead atoms. The van der Waals surface area contributed by atoms with E-state index < -0.39 is 5.54 Å². The first-order valence-corrected chi connectivity index (χ1v) is 7.74. The Balaban J connectivity index is 2.18. The molecular formula is C15H26N2O2. The minimum absolute atomic E-state index is 0.0794. The first-order valence-electron chi connectivity index (χ1n) is 7.74. The van der Waals surface area contributed by atoms with Crippen LogP contribution in [0.2, 0.25) is 0 Å². The highest BCUT2D eigenvalue weighted by atomic mass is 16.2. The fourth-order valence-electron chi connectivity index (χ4n) is 3.44. The maximum absolute atomic E-state index is 12.5. The average Bonchev–Trinajstić information content (AvgIpc) is 2.42. The Hall–Kier alpha value is -1.06. The van der Waals surface area contributed by atoms with Crippen LogP contribution in [0.5, 0.6) is 0 Å². The molecule has 1 unspecified atom stereocenters. The summed E-state index contributed by atoms with van der Waals surface area (Å²) in [6.45, 7) is 4.69. The minimum atomic E-state index is -0.532. The number of hydrogen-bond donors (Lipinski definition) is 1. The molecule has 19 heavy (non-hydrogen) atoms. The smallest absolute Gasteiger partial charge is 0.246 e. The zero-order chi connectivity index (χ0) is 13.9. The van der Waals surface area contributed by atoms with Crippen molar-refractivity contribution < 1.29 is 9.59 Å². The van der Waals surface area contributed by atoms with Gasteiger partial charge in [0.15, 0.2) is 0 Å². The van der Waals surface area contributed by atoms with Gasteiger partial charge < -0.3 is 10.2 Å². The molecule has 0 aromatic heterocycles. The standard InChI is InChI=1S/C15H26N2O2/c1-3-4-8-11-17-13(18)12(2)16-14(19)15(17)9-6-5-7-10-15/h12H,3-11H2,1-2H3,(H,16,19). The highest BCUT2D eigenvalue weighted by molar-refractivity contribution is 5.99. The van der Waals surface area contributed by atoms with E-state index in [0.29, 0.717) is 0 Å². The predicted octanol–water partition coefficient (Wildman–Crippen LogP) is 2.23. The van der Waals surface area contributed by atoms with Gasteiger partial charge >= 0.3 is 0 Å². The molecule has 1 atom stereocenters. The minimum Gasteiger partial charge on any atom is -0.343 e. The second-order valence-corrected chi connectivity index (χ2v) is 5.98. The van der Waals surface area contributed by atoms with Crippen molar-refractivity contribution in [3.8, 4) is 0 Å². The number of rotatable bonds is 4. The topological polar surface area (TPSA) is 49.4 Å². The summed E-state index contributed by atoms with van der Waals surface area (Å²) < 4.78 is 0. The predicted molar refractivity (Wildman–Crippen MR) is 74.7 cm³/mol. The van der Waals surface area contributed by atoms with Crippen molar-refractivity contribution in [2.75, 3.05) is 6.54 Å². The number of unbranched alkanes of at least 4 members (excludes halogenated alkanes) is 2. The third kappa shape index (κ3) is 2.63. The molecule has 1 aliphatic carbocycles. The van der Waals surface area contributed by atoms with E-state index in [1.807, 2.05) is 4.90 Å². The third-order valence-corrected chi connectivity index (χ3v) is 4.59. The van der Waals surface area contributed by atoms with Gasteiger partial charge in [0.05, 0.1) is 0 Å². The number of carbonyl (C=O) groups excluding carboxylic acids is 2. The Bertz CT molecular complexity index is 348. The van der Waals surface area contributed by atoms with E-state index in [4.69, 9.17) is 0 Å². The molecule has 1 aliphatic heterocycles. The van der Waals surface area contributed by atoms with E-state index in [1.54, 1.807) is 6.92 Å². The number of carbonyl (C=O) groups is 2. The fourth-order valence-corrected chi connectivity index (χ4v) is 3.44. The molecule has 4 heteroatoms. The van der Waals surface area contributed by atoms with Crippen molar-refractivity contribution in [3.05, 3.63) is 0 Å². The van der Waals surface area contributed by atoms with Gasteiger partial charge in [-0.15, -0.1) is 0 Å². The fraction of sp³-hybridized carbons (Fsp3) is 0.867. The van der Waals surface area contributed by atoms with Crippen LogP contribution < -0.4 is 5.32 Å². The van der Waals surface area contributed by atoms with Crippen LogP contribution in [0.25, 0.3) is 0 Å². The first-order chi connectivity index (χ1) is 9.12. The Morgan fingerprint density at radius 1 is 1.21 bits per heavy atom. The number of nitrogens with zero attached hydrogens (tertiary/aromatic N) is 1. The summed E-state index contributed by atoms with van der Waals surface area (Å²) in [5, 5.41) is 2.88. The molecular weight excluding hydrogens is 240 g/mol. The SMILES string of the molecule is CCCCCN1C(=O)C(C)NC(=O)C12CCCCC2. The van der Waals surface area contributed by atoms with E-state index in [0.717, 1.165) is 51.5 Å². The molecule has 0 radical (unpaired) electrons. The van der Waals surface area contributed by atoms with Gasteiger partial charge in [-0.25, -0.2) is 0 Å². The molecule has 108 valence electrons. The van der Waals surface area contributed by atoms with Gasteiger partial charge in [0.1, 0.15) is 11.6 Å². The molecule has 0 aromatic rings. The van der Waals surface area contributed by atoms with E-state index in [2.05, 4.69) is 12.2 Å². The van der Waals surface area contributed by atoms with E-state index in [-0.39, 0.29) is 17.9 Å². The van der Waals surface area contributed by atoms with Crippen molar-refractivity contribution in [2.24, 2.45) is 0 Å². The van der Waals surface area contributed by atoms with Crippen LogP contribution >= 0.6 is 0 Å². The monoisotopic (exact) mass is 266 g/mol. The summed E-state index contributed by atoms with van der Waals surface area (Å²) in [5.74, 6) is 0.188. The lowest BCUT2D eigenvalue weighted by atomic mass is 9.77. The van der Waals surface area contributed by atoms with Crippen molar-refractivity contribution in [2.45, 2.75) is 76.8 Å². The average molecular weight is 266 g/mol. The van der Waals surface area contributed by atoms with E-state index in [1.165, 1.54) is 6.42 Å². The van der Waals surface area contributed by atoms with Gasteiger partial charge in [-0.05, 0) is 26.2 Å². The highest BCUT2D eigenvalue weighted by Gasteiger charge is 2.51. The molecule has 2 aliphatic rings. The highest BCUT2D eigenvalue weighted by Crippen LogP contribution is 2.36. The molecule has 1 spiro atoms. The molecule has 1 saturated carbocycles. The van der Waals surface area contributed by atoms with Gasteiger partial charge in [0.2, 0.25) is 11.8 Å². The second kappa shape index (κ2) is 5.93. The molecule has 2 fully saturated rings.